The maximum absolute atomic E-state index is 9.81. The molecule has 2 rings (SSSR count). The predicted molar refractivity (Wildman–Crippen MR) is 59.1 cm³/mol. The molecule has 3 nitrogen and oxygen atoms in total. The number of carbonyl (C=O) groups is 1. The van der Waals surface area contributed by atoms with E-state index < -0.39 is 5.43 Å². The molecule has 0 amide bonds. The van der Waals surface area contributed by atoms with Crippen molar-refractivity contribution in [1.82, 2.24) is 0 Å². The summed E-state index contributed by atoms with van der Waals surface area (Å²) in [5.74, 6) is 0.780. The van der Waals surface area contributed by atoms with Crippen molar-refractivity contribution in [2.24, 2.45) is 16.7 Å². The van der Waals surface area contributed by atoms with Crippen LogP contribution < -0.4 is 0 Å². The maximum Gasteiger partial charge on any atom is 0.401 e. The molecule has 88 valence electrons. The van der Waals surface area contributed by atoms with Gasteiger partial charge < -0.3 is 10.2 Å². The van der Waals surface area contributed by atoms with Crippen LogP contribution in [0.2, 0.25) is 0 Å². The van der Waals surface area contributed by atoms with E-state index in [0.717, 1.165) is 12.3 Å². The van der Waals surface area contributed by atoms with Gasteiger partial charge in [0.05, 0.1) is 6.10 Å². The number of hydrogen-bond donors (Lipinski definition) is 2. The minimum atomic E-state index is -1.36. The summed E-state index contributed by atoms with van der Waals surface area (Å²) in [7, 11) is 0. The van der Waals surface area contributed by atoms with Crippen LogP contribution in [-0.4, -0.2) is 21.7 Å². The van der Waals surface area contributed by atoms with Gasteiger partial charge in [-0.2, -0.15) is 0 Å². The van der Waals surface area contributed by atoms with Gasteiger partial charge in [-0.25, -0.2) is 4.79 Å². The van der Waals surface area contributed by atoms with Gasteiger partial charge in [-0.3, -0.25) is 0 Å². The van der Waals surface area contributed by atoms with Crippen LogP contribution in [0.25, 0.3) is 0 Å². The van der Waals surface area contributed by atoms with E-state index in [-0.39, 0.29) is 11.5 Å². The van der Waals surface area contributed by atoms with E-state index >= 15 is 0 Å². The number of hydrogen-bond acceptors (Lipinski definition) is 2. The molecule has 3 atom stereocenters. The first-order valence-corrected chi connectivity index (χ1v) is 5.66. The highest BCUT2D eigenvalue weighted by Gasteiger charge is 2.60. The molecule has 0 aromatic rings. The molecule has 0 saturated heterocycles. The molecule has 0 radical (unpaired) electrons. The quantitative estimate of drug-likeness (QED) is 0.634. The summed E-state index contributed by atoms with van der Waals surface area (Å²) in [5.41, 5.74) is -0.760. The highest BCUT2D eigenvalue weighted by atomic mass is 35.5. The van der Waals surface area contributed by atoms with Crippen LogP contribution >= 0.6 is 11.6 Å². The van der Waals surface area contributed by atoms with E-state index in [1.165, 1.54) is 12.8 Å². The SMILES string of the molecule is CC1(C)C2CCC1(C)C(O)C2.O=C(O)Cl. The molecule has 0 aromatic heterocycles. The van der Waals surface area contributed by atoms with Crippen LogP contribution in [0.1, 0.15) is 40.0 Å². The molecule has 2 fully saturated rings. The molecular formula is C11H19ClO3. The Morgan fingerprint density at radius 3 is 2.00 bits per heavy atom. The van der Waals surface area contributed by atoms with Crippen molar-refractivity contribution in [2.75, 3.05) is 0 Å². The van der Waals surface area contributed by atoms with Crippen molar-refractivity contribution >= 4 is 17.0 Å². The second-order valence-corrected chi connectivity index (χ2v) is 5.70. The Morgan fingerprint density at radius 2 is 1.87 bits per heavy atom. The zero-order valence-electron chi connectivity index (χ0n) is 9.46. The first-order chi connectivity index (χ1) is 6.72. The number of rotatable bonds is 0. The maximum atomic E-state index is 9.81. The van der Waals surface area contributed by atoms with Gasteiger partial charge in [-0.05, 0) is 36.0 Å². The van der Waals surface area contributed by atoms with Gasteiger partial charge in [-0.15, -0.1) is 0 Å². The summed E-state index contributed by atoms with van der Waals surface area (Å²) in [6, 6.07) is 0. The van der Waals surface area contributed by atoms with Gasteiger partial charge in [0.1, 0.15) is 0 Å². The van der Waals surface area contributed by atoms with Gasteiger partial charge >= 0.3 is 5.43 Å². The Kier molecular flexibility index (Phi) is 3.36. The van der Waals surface area contributed by atoms with E-state index in [4.69, 9.17) is 9.90 Å². The lowest BCUT2D eigenvalue weighted by atomic mass is 9.70. The average molecular weight is 235 g/mol. The molecule has 2 bridgehead atoms. The Bertz CT molecular complexity index is 261. The van der Waals surface area contributed by atoms with Crippen molar-refractivity contribution in [3.8, 4) is 0 Å². The largest absolute Gasteiger partial charge is 0.469 e. The van der Waals surface area contributed by atoms with Crippen molar-refractivity contribution in [1.29, 1.82) is 0 Å². The normalized spacial score (nSPS) is 40.9. The zero-order valence-corrected chi connectivity index (χ0v) is 10.2. The van der Waals surface area contributed by atoms with Crippen LogP contribution in [0, 0.1) is 16.7 Å². The topological polar surface area (TPSA) is 57.5 Å². The van der Waals surface area contributed by atoms with Gasteiger partial charge in [0.25, 0.3) is 0 Å². The highest BCUT2D eigenvalue weighted by Crippen LogP contribution is 2.65. The lowest BCUT2D eigenvalue weighted by Crippen LogP contribution is -2.35. The molecule has 0 heterocycles. The first-order valence-electron chi connectivity index (χ1n) is 5.28. The van der Waals surface area contributed by atoms with E-state index in [9.17, 15) is 5.11 Å². The molecule has 3 unspecified atom stereocenters. The number of halogens is 1. The van der Waals surface area contributed by atoms with E-state index in [2.05, 4.69) is 32.4 Å². The lowest BCUT2D eigenvalue weighted by molar-refractivity contribution is 0.0126. The summed E-state index contributed by atoms with van der Waals surface area (Å²) in [4.78, 5) is 8.77. The summed E-state index contributed by atoms with van der Waals surface area (Å²) in [6.07, 6.45) is 3.58. The third-order valence-corrected chi connectivity index (χ3v) is 4.75. The van der Waals surface area contributed by atoms with Crippen LogP contribution in [0.3, 0.4) is 0 Å². The molecule has 0 aliphatic heterocycles. The van der Waals surface area contributed by atoms with E-state index in [0.29, 0.717) is 5.41 Å². The molecule has 2 N–H and O–H groups in total. The fourth-order valence-corrected chi connectivity index (χ4v) is 3.16. The van der Waals surface area contributed by atoms with Crippen molar-refractivity contribution in [3.05, 3.63) is 0 Å². The van der Waals surface area contributed by atoms with E-state index in [1.54, 1.807) is 0 Å². The summed E-state index contributed by atoms with van der Waals surface area (Å²) >= 11 is 4.19. The first kappa shape index (κ1) is 12.8. The van der Waals surface area contributed by atoms with Crippen LogP contribution in [-0.2, 0) is 0 Å². The number of aliphatic hydroxyl groups is 1. The second kappa shape index (κ2) is 3.95. The minimum Gasteiger partial charge on any atom is -0.469 e. The fourth-order valence-electron chi connectivity index (χ4n) is 3.16. The lowest BCUT2D eigenvalue weighted by Gasteiger charge is -2.36. The summed E-state index contributed by atoms with van der Waals surface area (Å²) in [5, 5.41) is 17.0. The number of fused-ring (bicyclic) bond motifs is 2. The average Bonchev–Trinajstić information content (AvgIpc) is 2.36. The Labute approximate surface area is 95.4 Å². The van der Waals surface area contributed by atoms with Crippen molar-refractivity contribution in [2.45, 2.75) is 46.1 Å². The number of carboxylic acid groups (broad SMARTS) is 1. The molecule has 0 aromatic carbocycles. The van der Waals surface area contributed by atoms with Gasteiger partial charge in [0.2, 0.25) is 0 Å². The zero-order chi connectivity index (χ0) is 11.9. The van der Waals surface area contributed by atoms with Crippen LogP contribution in [0.15, 0.2) is 0 Å². The summed E-state index contributed by atoms with van der Waals surface area (Å²) in [6.45, 7) is 6.90. The molecule has 2 saturated carbocycles. The standard InChI is InChI=1S/C10H18O.CHClO2/c1-9(2)7-4-5-10(9,3)8(11)6-7;2-1(3)4/h7-8,11H,4-6H2,1-3H3;(H,3,4). The van der Waals surface area contributed by atoms with Crippen LogP contribution in [0.5, 0.6) is 0 Å². The smallest absolute Gasteiger partial charge is 0.401 e. The Morgan fingerprint density at radius 1 is 1.40 bits per heavy atom. The van der Waals surface area contributed by atoms with Gasteiger partial charge in [-0.1, -0.05) is 20.8 Å². The third kappa shape index (κ3) is 2.00. The minimum absolute atomic E-state index is 0.0313. The predicted octanol–water partition coefficient (Wildman–Crippen LogP) is 3.10. The fraction of sp³-hybridized carbons (Fsp3) is 0.909. The summed E-state index contributed by atoms with van der Waals surface area (Å²) < 4.78 is 0. The van der Waals surface area contributed by atoms with Gasteiger partial charge in [0, 0.05) is 11.6 Å². The van der Waals surface area contributed by atoms with E-state index in [1.807, 2.05) is 0 Å². The monoisotopic (exact) mass is 234 g/mol. The number of aliphatic hydroxyl groups excluding tert-OH is 1. The molecule has 15 heavy (non-hydrogen) atoms. The molecular weight excluding hydrogens is 216 g/mol. The Hall–Kier alpha value is -0.280. The molecule has 2 aliphatic rings. The van der Waals surface area contributed by atoms with Crippen molar-refractivity contribution in [3.63, 3.8) is 0 Å². The third-order valence-electron chi connectivity index (χ3n) is 4.75. The molecule has 0 spiro atoms. The Balaban J connectivity index is 0.000000245. The highest BCUT2D eigenvalue weighted by molar-refractivity contribution is 6.60. The second-order valence-electron chi connectivity index (χ2n) is 5.38. The van der Waals surface area contributed by atoms with Gasteiger partial charge in [0.15, 0.2) is 0 Å². The van der Waals surface area contributed by atoms with Crippen molar-refractivity contribution < 1.29 is 15.0 Å². The molecule has 4 heteroatoms. The van der Waals surface area contributed by atoms with Crippen LogP contribution in [0.4, 0.5) is 4.79 Å². The molecule has 2 aliphatic carbocycles.